The molecule has 1 aromatic heterocycles. The standard InChI is InChI=1S/C17H21N3O2/c1-19(16(21)12-8-9-12)13-5-4-10-20(11-13)17-18-14-6-2-3-7-15(14)22-17/h2-3,6-7,12-13H,4-5,8-11H2,1H3. The highest BCUT2D eigenvalue weighted by atomic mass is 16.4. The molecule has 2 aliphatic rings. The molecule has 1 saturated carbocycles. The molecule has 0 spiro atoms. The third kappa shape index (κ3) is 2.45. The first-order valence-corrected chi connectivity index (χ1v) is 8.09. The summed E-state index contributed by atoms with van der Waals surface area (Å²) < 4.78 is 5.87. The van der Waals surface area contributed by atoms with Crippen LogP contribution in [0.5, 0.6) is 0 Å². The van der Waals surface area contributed by atoms with Gasteiger partial charge in [-0.1, -0.05) is 12.1 Å². The summed E-state index contributed by atoms with van der Waals surface area (Å²) in [7, 11) is 1.95. The van der Waals surface area contributed by atoms with E-state index in [1.54, 1.807) is 0 Å². The average Bonchev–Trinajstić information content (AvgIpc) is 3.32. The van der Waals surface area contributed by atoms with Crippen molar-refractivity contribution < 1.29 is 9.21 Å². The number of carbonyl (C=O) groups excluding carboxylic acids is 1. The van der Waals surface area contributed by atoms with Crippen molar-refractivity contribution in [2.24, 2.45) is 5.92 Å². The largest absolute Gasteiger partial charge is 0.423 e. The molecule has 1 atom stereocenters. The Morgan fingerprint density at radius 2 is 2.14 bits per heavy atom. The zero-order valence-electron chi connectivity index (χ0n) is 12.9. The molecule has 5 nitrogen and oxygen atoms in total. The maximum Gasteiger partial charge on any atom is 0.298 e. The molecule has 1 aromatic carbocycles. The number of oxazole rings is 1. The highest BCUT2D eigenvalue weighted by Gasteiger charge is 2.36. The summed E-state index contributed by atoms with van der Waals surface area (Å²) in [6, 6.07) is 8.77. The van der Waals surface area contributed by atoms with Gasteiger partial charge in [-0.25, -0.2) is 0 Å². The predicted octanol–water partition coefficient (Wildman–Crippen LogP) is 2.67. The highest BCUT2D eigenvalue weighted by molar-refractivity contribution is 5.81. The lowest BCUT2D eigenvalue weighted by molar-refractivity contribution is -0.133. The second-order valence-electron chi connectivity index (χ2n) is 6.43. The number of hydrogen-bond acceptors (Lipinski definition) is 4. The molecule has 1 saturated heterocycles. The van der Waals surface area contributed by atoms with Crippen LogP contribution < -0.4 is 4.90 Å². The van der Waals surface area contributed by atoms with Gasteiger partial charge in [-0.05, 0) is 37.8 Å². The van der Waals surface area contributed by atoms with Crippen molar-refractivity contribution >= 4 is 23.0 Å². The second kappa shape index (κ2) is 5.30. The summed E-state index contributed by atoms with van der Waals surface area (Å²) in [4.78, 5) is 21.0. The molecule has 5 heteroatoms. The smallest absolute Gasteiger partial charge is 0.298 e. The summed E-state index contributed by atoms with van der Waals surface area (Å²) >= 11 is 0. The summed E-state index contributed by atoms with van der Waals surface area (Å²) in [5, 5.41) is 0. The fraction of sp³-hybridized carbons (Fsp3) is 0.529. The van der Waals surface area contributed by atoms with Crippen molar-refractivity contribution in [3.8, 4) is 0 Å². The van der Waals surface area contributed by atoms with Crippen molar-refractivity contribution in [1.82, 2.24) is 9.88 Å². The van der Waals surface area contributed by atoms with Gasteiger partial charge in [0.1, 0.15) is 5.52 Å². The third-order valence-corrected chi connectivity index (χ3v) is 4.77. The molecule has 116 valence electrons. The number of rotatable bonds is 3. The molecular weight excluding hydrogens is 278 g/mol. The number of fused-ring (bicyclic) bond motifs is 1. The Labute approximate surface area is 129 Å². The molecule has 2 fully saturated rings. The Bertz CT molecular complexity index is 659. The zero-order valence-corrected chi connectivity index (χ0v) is 12.9. The molecule has 2 heterocycles. The van der Waals surface area contributed by atoms with E-state index in [-0.39, 0.29) is 12.0 Å². The first-order valence-electron chi connectivity index (χ1n) is 8.09. The Balaban J connectivity index is 1.51. The van der Waals surface area contributed by atoms with Crippen LogP contribution in [0.15, 0.2) is 28.7 Å². The van der Waals surface area contributed by atoms with Crippen LogP contribution in [-0.2, 0) is 4.79 Å². The lowest BCUT2D eigenvalue weighted by Crippen LogP contribution is -2.49. The Kier molecular flexibility index (Phi) is 3.28. The van der Waals surface area contributed by atoms with Gasteiger partial charge in [0, 0.05) is 32.1 Å². The molecular formula is C17H21N3O2. The number of likely N-dealkylation sites (N-methyl/N-ethyl adjacent to an activating group) is 1. The molecule has 1 aliphatic heterocycles. The number of nitrogens with zero attached hydrogens (tertiary/aromatic N) is 3. The van der Waals surface area contributed by atoms with E-state index in [0.717, 1.165) is 49.9 Å². The van der Waals surface area contributed by atoms with E-state index in [4.69, 9.17) is 4.42 Å². The minimum absolute atomic E-state index is 0.261. The highest BCUT2D eigenvalue weighted by Crippen LogP contribution is 2.32. The molecule has 4 rings (SSSR count). The van der Waals surface area contributed by atoms with E-state index in [9.17, 15) is 4.79 Å². The summed E-state index contributed by atoms with van der Waals surface area (Å²) in [6.45, 7) is 1.75. The number of para-hydroxylation sites is 2. The van der Waals surface area contributed by atoms with Crippen LogP contribution in [0.2, 0.25) is 0 Å². The van der Waals surface area contributed by atoms with Crippen molar-refractivity contribution in [1.29, 1.82) is 0 Å². The summed E-state index contributed by atoms with van der Waals surface area (Å²) in [5.41, 5.74) is 1.71. The number of aromatic nitrogens is 1. The van der Waals surface area contributed by atoms with Crippen molar-refractivity contribution in [2.75, 3.05) is 25.0 Å². The lowest BCUT2D eigenvalue weighted by Gasteiger charge is -2.37. The van der Waals surface area contributed by atoms with Gasteiger partial charge in [-0.15, -0.1) is 0 Å². The fourth-order valence-corrected chi connectivity index (χ4v) is 3.24. The van der Waals surface area contributed by atoms with Crippen LogP contribution in [0.4, 0.5) is 6.01 Å². The first-order chi connectivity index (χ1) is 10.7. The van der Waals surface area contributed by atoms with Gasteiger partial charge >= 0.3 is 0 Å². The van der Waals surface area contributed by atoms with Gasteiger partial charge in [0.25, 0.3) is 6.01 Å². The average molecular weight is 299 g/mol. The van der Waals surface area contributed by atoms with E-state index in [0.29, 0.717) is 11.9 Å². The molecule has 2 aromatic rings. The van der Waals surface area contributed by atoms with Gasteiger partial charge in [0.05, 0.1) is 0 Å². The molecule has 1 amide bonds. The van der Waals surface area contributed by atoms with Gasteiger partial charge < -0.3 is 14.2 Å². The normalized spacial score (nSPS) is 22.0. The van der Waals surface area contributed by atoms with Crippen molar-refractivity contribution in [2.45, 2.75) is 31.7 Å². The monoisotopic (exact) mass is 299 g/mol. The van der Waals surface area contributed by atoms with Crippen LogP contribution in [0.1, 0.15) is 25.7 Å². The quantitative estimate of drug-likeness (QED) is 0.874. The van der Waals surface area contributed by atoms with Crippen LogP contribution >= 0.6 is 0 Å². The Morgan fingerprint density at radius 1 is 1.32 bits per heavy atom. The van der Waals surface area contributed by atoms with Gasteiger partial charge in [0.2, 0.25) is 5.91 Å². The number of anilines is 1. The minimum Gasteiger partial charge on any atom is -0.423 e. The van der Waals surface area contributed by atoms with E-state index in [1.807, 2.05) is 36.2 Å². The topological polar surface area (TPSA) is 49.6 Å². The molecule has 1 unspecified atom stereocenters. The second-order valence-corrected chi connectivity index (χ2v) is 6.43. The third-order valence-electron chi connectivity index (χ3n) is 4.77. The van der Waals surface area contributed by atoms with Crippen LogP contribution in [0.3, 0.4) is 0 Å². The number of benzene rings is 1. The number of carbonyl (C=O) groups is 1. The van der Waals surface area contributed by atoms with Gasteiger partial charge in [0.15, 0.2) is 5.58 Å². The van der Waals surface area contributed by atoms with Gasteiger partial charge in [-0.2, -0.15) is 4.98 Å². The minimum atomic E-state index is 0.261. The van der Waals surface area contributed by atoms with Crippen LogP contribution in [0.25, 0.3) is 11.1 Å². The number of hydrogen-bond donors (Lipinski definition) is 0. The number of piperidine rings is 1. The van der Waals surface area contributed by atoms with Crippen LogP contribution in [-0.4, -0.2) is 42.0 Å². The summed E-state index contributed by atoms with van der Waals surface area (Å²) in [6.07, 6.45) is 4.24. The van der Waals surface area contributed by atoms with E-state index in [2.05, 4.69) is 9.88 Å². The SMILES string of the molecule is CN(C(=O)C1CC1)C1CCCN(c2nc3ccccc3o2)C1. The molecule has 0 radical (unpaired) electrons. The lowest BCUT2D eigenvalue weighted by atomic mass is 10.0. The fourth-order valence-electron chi connectivity index (χ4n) is 3.24. The summed E-state index contributed by atoms with van der Waals surface area (Å²) in [5.74, 6) is 0.592. The number of amides is 1. The molecule has 1 aliphatic carbocycles. The van der Waals surface area contributed by atoms with E-state index < -0.39 is 0 Å². The molecule has 0 bridgehead atoms. The van der Waals surface area contributed by atoms with E-state index >= 15 is 0 Å². The first kappa shape index (κ1) is 13.6. The van der Waals surface area contributed by atoms with E-state index in [1.165, 1.54) is 0 Å². The molecule has 0 N–H and O–H groups in total. The molecule has 22 heavy (non-hydrogen) atoms. The van der Waals surface area contributed by atoms with Gasteiger partial charge in [-0.3, -0.25) is 4.79 Å². The predicted molar refractivity (Wildman–Crippen MR) is 84.7 cm³/mol. The maximum absolute atomic E-state index is 12.3. The Morgan fingerprint density at radius 3 is 2.91 bits per heavy atom. The Hall–Kier alpha value is -2.04. The maximum atomic E-state index is 12.3. The van der Waals surface area contributed by atoms with Crippen molar-refractivity contribution in [3.05, 3.63) is 24.3 Å². The van der Waals surface area contributed by atoms with Crippen LogP contribution in [0, 0.1) is 5.92 Å². The van der Waals surface area contributed by atoms with Crippen molar-refractivity contribution in [3.63, 3.8) is 0 Å². The zero-order chi connectivity index (χ0) is 15.1.